The molecule has 0 aromatic heterocycles. The first-order chi connectivity index (χ1) is 13.3. The Morgan fingerprint density at radius 1 is 1.31 bits per heavy atom. The van der Waals surface area contributed by atoms with Crippen LogP contribution in [0.4, 0.5) is 0 Å². The Hall–Kier alpha value is -1.83. The molecule has 7 atom stereocenters. The van der Waals surface area contributed by atoms with Gasteiger partial charge in [-0.25, -0.2) is 4.79 Å². The fourth-order valence-corrected chi connectivity index (χ4v) is 2.99. The van der Waals surface area contributed by atoms with E-state index in [1.165, 1.54) is 0 Å². The lowest BCUT2D eigenvalue weighted by molar-refractivity contribution is -0.297. The Morgan fingerprint density at radius 3 is 2.38 bits per heavy atom. The highest BCUT2D eigenvalue weighted by molar-refractivity contribution is 5.76. The van der Waals surface area contributed by atoms with Gasteiger partial charge >= 0.3 is 11.9 Å². The average Bonchev–Trinajstić information content (AvgIpc) is 2.57. The number of hydrogen-bond acceptors (Lipinski definition) is 10. The lowest BCUT2D eigenvalue weighted by Crippen LogP contribution is -2.61. The largest absolute Gasteiger partial charge is 0.477 e. The van der Waals surface area contributed by atoms with E-state index in [9.17, 15) is 34.8 Å². The van der Waals surface area contributed by atoms with Crippen molar-refractivity contribution in [1.29, 1.82) is 0 Å². The van der Waals surface area contributed by atoms with Crippen LogP contribution in [-0.4, -0.2) is 86.4 Å². The Balaban J connectivity index is 2.89. The molecule has 0 spiro atoms. The highest BCUT2D eigenvalue weighted by Gasteiger charge is 2.53. The molecule has 1 rings (SSSR count). The molecular weight excluding hydrogens is 392 g/mol. The number of carboxylic acids is 1. The summed E-state index contributed by atoms with van der Waals surface area (Å²) < 4.78 is 10.1. The maximum atomic E-state index is 11.8. The molecule has 1 aliphatic heterocycles. The molecule has 12 nitrogen and oxygen atoms in total. The number of carbonyl (C=O) groups excluding carboxylic acids is 2. The summed E-state index contributed by atoms with van der Waals surface area (Å²) in [5, 5.41) is 52.0. The Kier molecular flexibility index (Phi) is 8.93. The SMILES string of the molecule is CC(=O)N[C@@H](O)C1C(O)CC(O)(C(=O)O)OC1C[C@H](O)COC(=O)[C@@H](N)C(C)C. The van der Waals surface area contributed by atoms with Gasteiger partial charge in [-0.1, -0.05) is 13.8 Å². The summed E-state index contributed by atoms with van der Waals surface area (Å²) in [5.41, 5.74) is 5.64. The summed E-state index contributed by atoms with van der Waals surface area (Å²) in [6.07, 6.45) is -7.20. The molecule has 8 N–H and O–H groups in total. The third-order valence-electron chi connectivity index (χ3n) is 4.67. The average molecular weight is 422 g/mol. The van der Waals surface area contributed by atoms with Crippen LogP contribution in [0.3, 0.4) is 0 Å². The van der Waals surface area contributed by atoms with E-state index < -0.39 is 79.6 Å². The van der Waals surface area contributed by atoms with Gasteiger partial charge in [0.05, 0.1) is 24.2 Å². The molecule has 0 bridgehead atoms. The van der Waals surface area contributed by atoms with E-state index in [0.717, 1.165) is 6.92 Å². The summed E-state index contributed by atoms with van der Waals surface area (Å²) in [7, 11) is 0. The first-order valence-corrected chi connectivity index (χ1v) is 9.15. The van der Waals surface area contributed by atoms with E-state index in [1.807, 2.05) is 0 Å². The number of aliphatic hydroxyl groups excluding tert-OH is 3. The number of rotatable bonds is 9. The van der Waals surface area contributed by atoms with E-state index in [0.29, 0.717) is 0 Å². The van der Waals surface area contributed by atoms with Gasteiger partial charge < -0.3 is 46.1 Å². The molecule has 0 aliphatic carbocycles. The summed E-state index contributed by atoms with van der Waals surface area (Å²) in [4.78, 5) is 34.3. The maximum Gasteiger partial charge on any atom is 0.364 e. The van der Waals surface area contributed by atoms with Crippen molar-refractivity contribution in [3.05, 3.63) is 0 Å². The monoisotopic (exact) mass is 422 g/mol. The third kappa shape index (κ3) is 6.87. The molecule has 1 fully saturated rings. The molecule has 1 heterocycles. The number of nitrogens with two attached hydrogens (primary N) is 1. The van der Waals surface area contributed by atoms with Gasteiger partial charge in [-0.3, -0.25) is 9.59 Å². The molecule has 29 heavy (non-hydrogen) atoms. The number of nitrogens with one attached hydrogen (secondary N) is 1. The number of carbonyl (C=O) groups is 3. The molecular formula is C17H30N2O10. The van der Waals surface area contributed by atoms with Crippen LogP contribution in [0.25, 0.3) is 0 Å². The number of carboxylic acid groups (broad SMARTS) is 1. The molecule has 0 radical (unpaired) electrons. The molecule has 4 unspecified atom stereocenters. The zero-order valence-corrected chi connectivity index (χ0v) is 16.5. The predicted molar refractivity (Wildman–Crippen MR) is 95.8 cm³/mol. The van der Waals surface area contributed by atoms with Crippen molar-refractivity contribution in [1.82, 2.24) is 5.32 Å². The minimum Gasteiger partial charge on any atom is -0.477 e. The summed E-state index contributed by atoms with van der Waals surface area (Å²) in [6.45, 7) is 4.03. The number of amides is 1. The lowest BCUT2D eigenvalue weighted by atomic mass is 9.83. The Bertz CT molecular complexity index is 601. The number of aliphatic hydroxyl groups is 4. The second-order valence-corrected chi connectivity index (χ2v) is 7.53. The molecule has 0 saturated carbocycles. The highest BCUT2D eigenvalue weighted by atomic mass is 16.7. The van der Waals surface area contributed by atoms with Gasteiger partial charge in [0, 0.05) is 19.8 Å². The summed E-state index contributed by atoms with van der Waals surface area (Å²) in [5.74, 6) is -7.36. The highest BCUT2D eigenvalue weighted by Crippen LogP contribution is 2.35. The molecule has 1 amide bonds. The van der Waals surface area contributed by atoms with Gasteiger partial charge in [0.25, 0.3) is 5.79 Å². The summed E-state index contributed by atoms with van der Waals surface area (Å²) >= 11 is 0. The van der Waals surface area contributed by atoms with Gasteiger partial charge in [-0.15, -0.1) is 0 Å². The van der Waals surface area contributed by atoms with E-state index >= 15 is 0 Å². The fraction of sp³-hybridized carbons (Fsp3) is 0.824. The molecule has 168 valence electrons. The van der Waals surface area contributed by atoms with Crippen molar-refractivity contribution in [2.45, 2.75) is 70.0 Å². The second-order valence-electron chi connectivity index (χ2n) is 7.53. The van der Waals surface area contributed by atoms with Crippen LogP contribution in [0.1, 0.15) is 33.6 Å². The van der Waals surface area contributed by atoms with Crippen LogP contribution < -0.4 is 11.1 Å². The smallest absolute Gasteiger partial charge is 0.364 e. The quantitative estimate of drug-likeness (QED) is 0.150. The fourth-order valence-electron chi connectivity index (χ4n) is 2.99. The van der Waals surface area contributed by atoms with Gasteiger partial charge in [0.2, 0.25) is 5.91 Å². The van der Waals surface area contributed by atoms with E-state index in [-0.39, 0.29) is 5.92 Å². The molecule has 12 heteroatoms. The van der Waals surface area contributed by atoms with Crippen LogP contribution in [0, 0.1) is 11.8 Å². The van der Waals surface area contributed by atoms with Gasteiger partial charge in [-0.05, 0) is 5.92 Å². The minimum atomic E-state index is -2.76. The maximum absolute atomic E-state index is 11.8. The molecule has 0 aromatic rings. The standard InChI is InChI=1S/C17H30N2O10/c1-7(2)13(18)15(24)28-6-9(21)4-11-12(14(23)19-8(3)20)10(22)5-17(27,29-11)16(25)26/h7,9-14,21-23,27H,4-6,18H2,1-3H3,(H,19,20)(H,25,26)/t9-,10?,11?,12?,13-,14-,17?/m0/s1. The van der Waals surface area contributed by atoms with Gasteiger partial charge in [0.15, 0.2) is 0 Å². The molecule has 1 saturated heterocycles. The van der Waals surface area contributed by atoms with Crippen molar-refractivity contribution in [3.63, 3.8) is 0 Å². The normalized spacial score (nSPS) is 30.3. The van der Waals surface area contributed by atoms with Crippen LogP contribution >= 0.6 is 0 Å². The van der Waals surface area contributed by atoms with E-state index in [1.54, 1.807) is 13.8 Å². The Labute approximate surface area is 167 Å². The van der Waals surface area contributed by atoms with Crippen LogP contribution in [0.2, 0.25) is 0 Å². The van der Waals surface area contributed by atoms with Crippen LogP contribution in [0.5, 0.6) is 0 Å². The van der Waals surface area contributed by atoms with Crippen LogP contribution in [-0.2, 0) is 23.9 Å². The van der Waals surface area contributed by atoms with Crippen LogP contribution in [0.15, 0.2) is 0 Å². The first kappa shape index (κ1) is 25.2. The second kappa shape index (κ2) is 10.3. The van der Waals surface area contributed by atoms with Crippen molar-refractivity contribution < 1.29 is 49.4 Å². The van der Waals surface area contributed by atoms with Crippen molar-refractivity contribution in [3.8, 4) is 0 Å². The predicted octanol–water partition coefficient (Wildman–Crippen LogP) is -2.74. The Morgan fingerprint density at radius 2 is 1.90 bits per heavy atom. The van der Waals surface area contributed by atoms with E-state index in [4.69, 9.17) is 20.3 Å². The number of ether oxygens (including phenoxy) is 2. The van der Waals surface area contributed by atoms with Crippen molar-refractivity contribution in [2.75, 3.05) is 6.61 Å². The van der Waals surface area contributed by atoms with Crippen molar-refractivity contribution in [2.24, 2.45) is 17.6 Å². The minimum absolute atomic E-state index is 0.195. The van der Waals surface area contributed by atoms with Crippen molar-refractivity contribution >= 4 is 17.8 Å². The number of esters is 1. The lowest BCUT2D eigenvalue weighted by Gasteiger charge is -2.44. The topological polar surface area (TPSA) is 209 Å². The number of aliphatic carboxylic acids is 1. The number of hydrogen-bond donors (Lipinski definition) is 7. The summed E-state index contributed by atoms with van der Waals surface area (Å²) in [6, 6.07) is -0.901. The molecule has 1 aliphatic rings. The zero-order valence-electron chi connectivity index (χ0n) is 16.5. The van der Waals surface area contributed by atoms with E-state index in [2.05, 4.69) is 5.32 Å². The van der Waals surface area contributed by atoms with Gasteiger partial charge in [0.1, 0.15) is 18.9 Å². The zero-order chi connectivity index (χ0) is 22.5. The van der Waals surface area contributed by atoms with Gasteiger partial charge in [-0.2, -0.15) is 0 Å². The third-order valence-corrected chi connectivity index (χ3v) is 4.67. The molecule has 0 aromatic carbocycles. The first-order valence-electron chi connectivity index (χ1n) is 9.15.